The van der Waals surface area contributed by atoms with E-state index in [1.807, 2.05) is 0 Å². The standard InChI is InChI=1S/C12H26N2/c1-12(2,11-13)7-6-10-14-8-4-3-5-9-14/h3-11,13H2,1-2H3. The number of likely N-dealkylation sites (tertiary alicyclic amines) is 1. The Balaban J connectivity index is 2.08. The second-order valence-corrected chi connectivity index (χ2v) is 5.37. The summed E-state index contributed by atoms with van der Waals surface area (Å²) < 4.78 is 0. The molecule has 0 amide bonds. The molecule has 0 radical (unpaired) electrons. The minimum atomic E-state index is 0.343. The Bertz CT molecular complexity index is 148. The van der Waals surface area contributed by atoms with E-state index in [1.165, 1.54) is 51.7 Å². The molecule has 1 aliphatic rings. The van der Waals surface area contributed by atoms with Crippen LogP contribution in [0.1, 0.15) is 46.0 Å². The molecule has 0 saturated carbocycles. The van der Waals surface area contributed by atoms with E-state index in [9.17, 15) is 0 Å². The zero-order chi connectivity index (χ0) is 10.4. The summed E-state index contributed by atoms with van der Waals surface area (Å²) in [5.74, 6) is 0. The summed E-state index contributed by atoms with van der Waals surface area (Å²) in [4.78, 5) is 2.61. The van der Waals surface area contributed by atoms with Crippen LogP contribution in [0.15, 0.2) is 0 Å². The third-order valence-electron chi connectivity index (χ3n) is 3.33. The lowest BCUT2D eigenvalue weighted by Gasteiger charge is -2.28. The molecule has 2 heteroatoms. The fourth-order valence-corrected chi connectivity index (χ4v) is 2.07. The van der Waals surface area contributed by atoms with Gasteiger partial charge in [-0.1, -0.05) is 20.3 Å². The van der Waals surface area contributed by atoms with Crippen LogP contribution in [0.2, 0.25) is 0 Å². The SMILES string of the molecule is CC(C)(CN)CCCN1CCCCC1. The van der Waals surface area contributed by atoms with Crippen molar-refractivity contribution in [2.24, 2.45) is 11.1 Å². The molecule has 0 aromatic carbocycles. The molecule has 0 aromatic rings. The molecule has 0 aliphatic carbocycles. The molecule has 0 atom stereocenters. The van der Waals surface area contributed by atoms with Gasteiger partial charge in [0.2, 0.25) is 0 Å². The quantitative estimate of drug-likeness (QED) is 0.734. The van der Waals surface area contributed by atoms with Gasteiger partial charge in [-0.15, -0.1) is 0 Å². The normalized spacial score (nSPS) is 19.9. The van der Waals surface area contributed by atoms with Gasteiger partial charge in [0, 0.05) is 0 Å². The van der Waals surface area contributed by atoms with Gasteiger partial charge in [0.25, 0.3) is 0 Å². The average molecular weight is 198 g/mol. The van der Waals surface area contributed by atoms with E-state index in [4.69, 9.17) is 5.73 Å². The smallest absolute Gasteiger partial charge is 0.00185 e. The number of rotatable bonds is 5. The predicted octanol–water partition coefficient (Wildman–Crippen LogP) is 2.24. The molecule has 1 fully saturated rings. The molecule has 0 aromatic heterocycles. The predicted molar refractivity (Wildman–Crippen MR) is 62.4 cm³/mol. The second-order valence-electron chi connectivity index (χ2n) is 5.37. The highest BCUT2D eigenvalue weighted by Crippen LogP contribution is 2.20. The maximum atomic E-state index is 5.71. The first-order chi connectivity index (χ1) is 6.64. The first kappa shape index (κ1) is 12.0. The first-order valence-electron chi connectivity index (χ1n) is 6.06. The molecule has 2 N–H and O–H groups in total. The monoisotopic (exact) mass is 198 g/mol. The van der Waals surface area contributed by atoms with Crippen LogP contribution in [-0.4, -0.2) is 31.1 Å². The van der Waals surface area contributed by atoms with Crippen LogP contribution in [0.4, 0.5) is 0 Å². The fraction of sp³-hybridized carbons (Fsp3) is 1.00. The largest absolute Gasteiger partial charge is 0.330 e. The van der Waals surface area contributed by atoms with Gasteiger partial charge in [-0.25, -0.2) is 0 Å². The third kappa shape index (κ3) is 4.43. The van der Waals surface area contributed by atoms with Gasteiger partial charge >= 0.3 is 0 Å². The highest BCUT2D eigenvalue weighted by Gasteiger charge is 2.16. The summed E-state index contributed by atoms with van der Waals surface area (Å²) in [6.45, 7) is 9.27. The summed E-state index contributed by atoms with van der Waals surface area (Å²) in [7, 11) is 0. The maximum Gasteiger partial charge on any atom is -0.00185 e. The molecule has 1 saturated heterocycles. The van der Waals surface area contributed by atoms with Crippen molar-refractivity contribution < 1.29 is 0 Å². The van der Waals surface area contributed by atoms with Gasteiger partial charge in [-0.3, -0.25) is 0 Å². The Morgan fingerprint density at radius 1 is 1.14 bits per heavy atom. The van der Waals surface area contributed by atoms with Crippen molar-refractivity contribution in [2.45, 2.75) is 46.0 Å². The minimum Gasteiger partial charge on any atom is -0.330 e. The fourth-order valence-electron chi connectivity index (χ4n) is 2.07. The van der Waals surface area contributed by atoms with Gasteiger partial charge in [0.05, 0.1) is 0 Å². The molecule has 84 valence electrons. The van der Waals surface area contributed by atoms with Gasteiger partial charge in [-0.2, -0.15) is 0 Å². The molecule has 1 aliphatic heterocycles. The van der Waals surface area contributed by atoms with E-state index in [0.29, 0.717) is 5.41 Å². The van der Waals surface area contributed by atoms with Crippen molar-refractivity contribution in [1.29, 1.82) is 0 Å². The van der Waals surface area contributed by atoms with Crippen molar-refractivity contribution in [3.05, 3.63) is 0 Å². The highest BCUT2D eigenvalue weighted by atomic mass is 15.1. The van der Waals surface area contributed by atoms with E-state index in [-0.39, 0.29) is 0 Å². The summed E-state index contributed by atoms with van der Waals surface area (Å²) >= 11 is 0. The van der Waals surface area contributed by atoms with Crippen molar-refractivity contribution in [3.8, 4) is 0 Å². The third-order valence-corrected chi connectivity index (χ3v) is 3.33. The summed E-state index contributed by atoms with van der Waals surface area (Å²) in [6, 6.07) is 0. The Morgan fingerprint density at radius 2 is 1.79 bits per heavy atom. The van der Waals surface area contributed by atoms with Crippen LogP contribution in [0, 0.1) is 5.41 Å². The zero-order valence-electron chi connectivity index (χ0n) is 9.89. The zero-order valence-corrected chi connectivity index (χ0v) is 9.89. The van der Waals surface area contributed by atoms with Crippen molar-refractivity contribution in [1.82, 2.24) is 4.90 Å². The van der Waals surface area contributed by atoms with E-state index < -0.39 is 0 Å². The van der Waals surface area contributed by atoms with Gasteiger partial charge in [0.15, 0.2) is 0 Å². The van der Waals surface area contributed by atoms with Crippen LogP contribution < -0.4 is 5.73 Å². The molecule has 14 heavy (non-hydrogen) atoms. The highest BCUT2D eigenvalue weighted by molar-refractivity contribution is 4.71. The van der Waals surface area contributed by atoms with Crippen LogP contribution in [0.5, 0.6) is 0 Å². The minimum absolute atomic E-state index is 0.343. The molecule has 0 unspecified atom stereocenters. The lowest BCUT2D eigenvalue weighted by molar-refractivity contribution is 0.210. The van der Waals surface area contributed by atoms with Crippen LogP contribution in [0.25, 0.3) is 0 Å². The number of hydrogen-bond acceptors (Lipinski definition) is 2. The van der Waals surface area contributed by atoms with E-state index in [1.54, 1.807) is 0 Å². The lowest BCUT2D eigenvalue weighted by atomic mass is 9.88. The Labute approximate surface area is 88.8 Å². The molecule has 2 nitrogen and oxygen atoms in total. The molecular formula is C12H26N2. The van der Waals surface area contributed by atoms with Crippen LogP contribution >= 0.6 is 0 Å². The Kier molecular flexibility index (Phi) is 4.90. The average Bonchev–Trinajstić information content (AvgIpc) is 2.19. The summed E-state index contributed by atoms with van der Waals surface area (Å²) in [6.07, 6.45) is 6.82. The van der Waals surface area contributed by atoms with Gasteiger partial charge in [-0.05, 0) is 57.3 Å². The molecule has 1 rings (SSSR count). The number of piperidine rings is 1. The number of hydrogen-bond donors (Lipinski definition) is 1. The molecule has 0 bridgehead atoms. The molecule has 0 spiro atoms. The number of nitrogens with zero attached hydrogens (tertiary/aromatic N) is 1. The second kappa shape index (κ2) is 5.72. The van der Waals surface area contributed by atoms with E-state index in [0.717, 1.165) is 6.54 Å². The lowest BCUT2D eigenvalue weighted by Crippen LogP contribution is -2.32. The van der Waals surface area contributed by atoms with Gasteiger partial charge < -0.3 is 10.6 Å². The number of nitrogens with two attached hydrogens (primary N) is 1. The Morgan fingerprint density at radius 3 is 2.36 bits per heavy atom. The first-order valence-corrected chi connectivity index (χ1v) is 6.06. The molecular weight excluding hydrogens is 172 g/mol. The summed E-state index contributed by atoms with van der Waals surface area (Å²) in [5.41, 5.74) is 6.05. The van der Waals surface area contributed by atoms with Crippen LogP contribution in [-0.2, 0) is 0 Å². The maximum absolute atomic E-state index is 5.71. The van der Waals surface area contributed by atoms with Crippen molar-refractivity contribution >= 4 is 0 Å². The van der Waals surface area contributed by atoms with Crippen molar-refractivity contribution in [2.75, 3.05) is 26.2 Å². The van der Waals surface area contributed by atoms with Crippen molar-refractivity contribution in [3.63, 3.8) is 0 Å². The van der Waals surface area contributed by atoms with Crippen LogP contribution in [0.3, 0.4) is 0 Å². The van der Waals surface area contributed by atoms with E-state index in [2.05, 4.69) is 18.7 Å². The summed E-state index contributed by atoms with van der Waals surface area (Å²) in [5, 5.41) is 0. The van der Waals surface area contributed by atoms with Gasteiger partial charge in [0.1, 0.15) is 0 Å². The molecule has 1 heterocycles. The Hall–Kier alpha value is -0.0800. The van der Waals surface area contributed by atoms with E-state index >= 15 is 0 Å². The topological polar surface area (TPSA) is 29.3 Å².